The van der Waals surface area contributed by atoms with Crippen molar-refractivity contribution < 1.29 is 14.3 Å². The average Bonchev–Trinajstić information content (AvgIpc) is 2.16. The van der Waals surface area contributed by atoms with E-state index in [1.807, 2.05) is 6.92 Å². The van der Waals surface area contributed by atoms with Crippen LogP contribution in [0.2, 0.25) is 0 Å². The SMILES string of the molecule is CCCNc1cc(C(=O)O)c(N)cc1F. The molecule has 0 aliphatic rings. The number of carbonyl (C=O) groups is 1. The highest BCUT2D eigenvalue weighted by atomic mass is 19.1. The summed E-state index contributed by atoms with van der Waals surface area (Å²) in [4.78, 5) is 10.7. The van der Waals surface area contributed by atoms with Crippen LogP contribution >= 0.6 is 0 Å². The Hall–Kier alpha value is -1.78. The fourth-order valence-corrected chi connectivity index (χ4v) is 1.17. The van der Waals surface area contributed by atoms with Gasteiger partial charge in [-0.1, -0.05) is 6.92 Å². The predicted octanol–water partition coefficient (Wildman–Crippen LogP) is 1.93. The van der Waals surface area contributed by atoms with E-state index in [4.69, 9.17) is 10.8 Å². The molecule has 0 aliphatic carbocycles. The zero-order chi connectivity index (χ0) is 11.4. The molecule has 5 heteroatoms. The molecule has 4 nitrogen and oxygen atoms in total. The van der Waals surface area contributed by atoms with E-state index >= 15 is 0 Å². The van der Waals surface area contributed by atoms with E-state index in [1.165, 1.54) is 6.07 Å². The van der Waals surface area contributed by atoms with Crippen LogP contribution in [0.15, 0.2) is 12.1 Å². The maximum Gasteiger partial charge on any atom is 0.337 e. The summed E-state index contributed by atoms with van der Waals surface area (Å²) in [7, 11) is 0. The lowest BCUT2D eigenvalue weighted by atomic mass is 10.1. The molecule has 15 heavy (non-hydrogen) atoms. The maximum absolute atomic E-state index is 13.3. The largest absolute Gasteiger partial charge is 0.478 e. The van der Waals surface area contributed by atoms with Gasteiger partial charge in [-0.05, 0) is 18.6 Å². The molecular weight excluding hydrogens is 199 g/mol. The number of halogens is 1. The van der Waals surface area contributed by atoms with E-state index in [0.717, 1.165) is 12.5 Å². The summed E-state index contributed by atoms with van der Waals surface area (Å²) in [5, 5.41) is 11.6. The third kappa shape index (κ3) is 2.59. The third-order valence-corrected chi connectivity index (χ3v) is 1.94. The van der Waals surface area contributed by atoms with Crippen molar-refractivity contribution in [3.63, 3.8) is 0 Å². The van der Waals surface area contributed by atoms with Crippen molar-refractivity contribution in [3.8, 4) is 0 Å². The number of rotatable bonds is 4. The molecule has 0 radical (unpaired) electrons. The standard InChI is InChI=1S/C10H13FN2O2/c1-2-3-13-9-4-6(10(14)15)8(12)5-7(9)11/h4-5,13H,2-3,12H2,1H3,(H,14,15). The number of anilines is 2. The second kappa shape index (κ2) is 4.63. The average molecular weight is 212 g/mol. The fourth-order valence-electron chi connectivity index (χ4n) is 1.17. The summed E-state index contributed by atoms with van der Waals surface area (Å²) in [6, 6.07) is 2.23. The van der Waals surface area contributed by atoms with Crippen LogP contribution in [0.25, 0.3) is 0 Å². The lowest BCUT2D eigenvalue weighted by Gasteiger charge is -2.08. The number of hydrogen-bond acceptors (Lipinski definition) is 3. The number of nitrogens with one attached hydrogen (secondary N) is 1. The number of aromatic carboxylic acids is 1. The molecule has 1 aromatic rings. The van der Waals surface area contributed by atoms with Crippen LogP contribution < -0.4 is 11.1 Å². The lowest BCUT2D eigenvalue weighted by Crippen LogP contribution is -2.07. The first kappa shape index (κ1) is 11.3. The number of benzene rings is 1. The molecule has 82 valence electrons. The Morgan fingerprint density at radius 1 is 1.60 bits per heavy atom. The van der Waals surface area contributed by atoms with Gasteiger partial charge in [0.05, 0.1) is 11.3 Å². The van der Waals surface area contributed by atoms with Gasteiger partial charge in [0.15, 0.2) is 0 Å². The maximum atomic E-state index is 13.3. The Bertz CT molecular complexity index is 380. The molecule has 0 aromatic heterocycles. The van der Waals surface area contributed by atoms with Gasteiger partial charge in [0.1, 0.15) is 5.82 Å². The second-order valence-corrected chi connectivity index (χ2v) is 3.15. The van der Waals surface area contributed by atoms with Gasteiger partial charge in [0.2, 0.25) is 0 Å². The normalized spacial score (nSPS) is 10.0. The van der Waals surface area contributed by atoms with Crippen molar-refractivity contribution in [1.29, 1.82) is 0 Å². The molecule has 0 unspecified atom stereocenters. The molecule has 0 fully saturated rings. The monoisotopic (exact) mass is 212 g/mol. The van der Waals surface area contributed by atoms with Crippen LogP contribution in [0.4, 0.5) is 15.8 Å². The summed E-state index contributed by atoms with van der Waals surface area (Å²) in [6.45, 7) is 2.51. The highest BCUT2D eigenvalue weighted by Gasteiger charge is 2.12. The Kier molecular flexibility index (Phi) is 3.49. The van der Waals surface area contributed by atoms with Gasteiger partial charge in [-0.15, -0.1) is 0 Å². The number of carboxylic acid groups (broad SMARTS) is 1. The summed E-state index contributed by atoms with van der Waals surface area (Å²) in [5.74, 6) is -1.70. The molecule has 0 heterocycles. The molecule has 0 atom stereocenters. The summed E-state index contributed by atoms with van der Waals surface area (Å²) < 4.78 is 13.3. The Morgan fingerprint density at radius 3 is 2.80 bits per heavy atom. The minimum atomic E-state index is -1.16. The highest BCUT2D eigenvalue weighted by molar-refractivity contribution is 5.94. The molecule has 4 N–H and O–H groups in total. The van der Waals surface area contributed by atoms with Gasteiger partial charge >= 0.3 is 5.97 Å². The van der Waals surface area contributed by atoms with Crippen molar-refractivity contribution in [3.05, 3.63) is 23.5 Å². The van der Waals surface area contributed by atoms with Crippen molar-refractivity contribution in [2.75, 3.05) is 17.6 Å². The predicted molar refractivity (Wildman–Crippen MR) is 56.6 cm³/mol. The minimum absolute atomic E-state index is 0.0675. The first-order valence-corrected chi connectivity index (χ1v) is 4.62. The van der Waals surface area contributed by atoms with Crippen LogP contribution in [0.3, 0.4) is 0 Å². The zero-order valence-corrected chi connectivity index (χ0v) is 8.38. The minimum Gasteiger partial charge on any atom is -0.478 e. The van der Waals surface area contributed by atoms with Crippen molar-refractivity contribution in [1.82, 2.24) is 0 Å². The first-order valence-electron chi connectivity index (χ1n) is 4.62. The Balaban J connectivity index is 3.06. The summed E-state index contributed by atoms with van der Waals surface area (Å²) >= 11 is 0. The van der Waals surface area contributed by atoms with E-state index in [9.17, 15) is 9.18 Å². The van der Waals surface area contributed by atoms with Gasteiger partial charge in [0.25, 0.3) is 0 Å². The molecule has 0 saturated heterocycles. The van der Waals surface area contributed by atoms with Crippen molar-refractivity contribution in [2.45, 2.75) is 13.3 Å². The number of hydrogen-bond donors (Lipinski definition) is 3. The lowest BCUT2D eigenvalue weighted by molar-refractivity contribution is 0.0698. The van der Waals surface area contributed by atoms with E-state index < -0.39 is 11.8 Å². The quantitative estimate of drug-likeness (QED) is 0.666. The first-order chi connectivity index (χ1) is 7.06. The molecule has 1 aromatic carbocycles. The smallest absolute Gasteiger partial charge is 0.337 e. The third-order valence-electron chi connectivity index (χ3n) is 1.94. The van der Waals surface area contributed by atoms with Crippen LogP contribution in [-0.4, -0.2) is 17.6 Å². The van der Waals surface area contributed by atoms with Gasteiger partial charge < -0.3 is 16.2 Å². The Labute approximate surface area is 86.9 Å². The van der Waals surface area contributed by atoms with Crippen molar-refractivity contribution in [2.24, 2.45) is 0 Å². The number of nitrogens with two attached hydrogens (primary N) is 1. The van der Waals surface area contributed by atoms with E-state index in [-0.39, 0.29) is 16.9 Å². The molecule has 0 saturated carbocycles. The zero-order valence-electron chi connectivity index (χ0n) is 8.38. The van der Waals surface area contributed by atoms with Crippen LogP contribution in [-0.2, 0) is 0 Å². The summed E-state index contributed by atoms with van der Waals surface area (Å²) in [6.07, 6.45) is 0.826. The van der Waals surface area contributed by atoms with Gasteiger partial charge in [0, 0.05) is 12.2 Å². The van der Waals surface area contributed by atoms with Gasteiger partial charge in [-0.25, -0.2) is 9.18 Å². The summed E-state index contributed by atoms with van der Waals surface area (Å²) in [5.41, 5.74) is 5.39. The molecule has 0 spiro atoms. The molecule has 0 amide bonds. The Morgan fingerprint density at radius 2 is 2.27 bits per heavy atom. The van der Waals surface area contributed by atoms with E-state index in [1.54, 1.807) is 0 Å². The molecule has 0 aliphatic heterocycles. The van der Waals surface area contributed by atoms with Crippen LogP contribution in [0, 0.1) is 5.82 Å². The topological polar surface area (TPSA) is 75.3 Å². The van der Waals surface area contributed by atoms with Crippen LogP contribution in [0.1, 0.15) is 23.7 Å². The molecular formula is C10H13FN2O2. The highest BCUT2D eigenvalue weighted by Crippen LogP contribution is 2.22. The second-order valence-electron chi connectivity index (χ2n) is 3.15. The van der Waals surface area contributed by atoms with E-state index in [0.29, 0.717) is 6.54 Å². The molecule has 0 bridgehead atoms. The van der Waals surface area contributed by atoms with Crippen LogP contribution in [0.5, 0.6) is 0 Å². The number of carboxylic acids is 1. The molecule has 1 rings (SSSR count). The van der Waals surface area contributed by atoms with Crippen molar-refractivity contribution >= 4 is 17.3 Å². The number of nitrogen functional groups attached to an aromatic ring is 1. The van der Waals surface area contributed by atoms with E-state index in [2.05, 4.69) is 5.32 Å². The fraction of sp³-hybridized carbons (Fsp3) is 0.300. The van der Waals surface area contributed by atoms with Gasteiger partial charge in [-0.3, -0.25) is 0 Å². The van der Waals surface area contributed by atoms with Gasteiger partial charge in [-0.2, -0.15) is 0 Å².